The normalized spacial score (nSPS) is 20.0. The second-order valence-corrected chi connectivity index (χ2v) is 10.9. The molecule has 1 aliphatic rings. The first-order valence-electron chi connectivity index (χ1n) is 9.69. The van der Waals surface area contributed by atoms with Crippen LogP contribution in [0.1, 0.15) is 33.1 Å². The van der Waals surface area contributed by atoms with Crippen LogP contribution < -0.4 is 0 Å². The summed E-state index contributed by atoms with van der Waals surface area (Å²) in [4.78, 5) is 23.6. The summed E-state index contributed by atoms with van der Waals surface area (Å²) in [6.45, 7) is 0.408. The Labute approximate surface area is 191 Å². The number of piperidine rings is 1. The molecule has 1 N–H and O–H groups in total. The van der Waals surface area contributed by atoms with Gasteiger partial charge < -0.3 is 9.47 Å². The maximum Gasteiger partial charge on any atom is 0.439 e. The molecule has 18 heteroatoms. The Kier molecular flexibility index (Phi) is 9.41. The average molecular weight is 551 g/mol. The van der Waals surface area contributed by atoms with E-state index in [0.717, 1.165) is 0 Å². The molecule has 0 spiro atoms. The van der Waals surface area contributed by atoms with E-state index in [4.69, 9.17) is 14.0 Å². The fourth-order valence-electron chi connectivity index (χ4n) is 2.72. The maximum absolute atomic E-state index is 14.1. The van der Waals surface area contributed by atoms with Crippen LogP contribution in [0.15, 0.2) is 0 Å². The Hall–Kier alpha value is -1.66. The van der Waals surface area contributed by atoms with Gasteiger partial charge in [0, 0.05) is 13.1 Å². The fourth-order valence-corrected chi connectivity index (χ4v) is 4.76. The average Bonchev–Trinajstić information content (AvgIpc) is 2.74. The van der Waals surface area contributed by atoms with Crippen molar-refractivity contribution in [1.29, 1.82) is 0 Å². The lowest BCUT2D eigenvalue weighted by Crippen LogP contribution is -2.63. The van der Waals surface area contributed by atoms with Crippen LogP contribution in [0.5, 0.6) is 0 Å². The first kappa shape index (κ1) is 30.4. The van der Waals surface area contributed by atoms with E-state index in [2.05, 4.69) is 0 Å². The number of hydrogen-bond acceptors (Lipinski definition) is 8. The standard InChI is InChI=1S/C16H23F6NO9S2/c1-3-10(2)12(24)31-7-8-32-13(25)11-5-4-6-23(9-11)33(26,27)15(19,20)14(17,18)16(21,22)34(28,29)30/h10-11H,3-9H2,1-2H3,(H,28,29,30). The first-order chi connectivity index (χ1) is 15.3. The number of rotatable bonds is 11. The summed E-state index contributed by atoms with van der Waals surface area (Å²) in [7, 11) is -13.8. The van der Waals surface area contributed by atoms with Crippen LogP contribution in [0.2, 0.25) is 0 Å². The number of hydrogen-bond donors (Lipinski definition) is 1. The highest BCUT2D eigenvalue weighted by atomic mass is 32.2. The van der Waals surface area contributed by atoms with Crippen LogP contribution >= 0.6 is 0 Å². The quantitative estimate of drug-likeness (QED) is 0.176. The molecular weight excluding hydrogens is 528 g/mol. The monoisotopic (exact) mass is 551 g/mol. The molecular formula is C16H23F6NO9S2. The van der Waals surface area contributed by atoms with Crippen molar-refractivity contribution in [1.82, 2.24) is 4.31 Å². The van der Waals surface area contributed by atoms with Crippen LogP contribution in [0.4, 0.5) is 26.3 Å². The Bertz CT molecular complexity index is 971. The van der Waals surface area contributed by atoms with Gasteiger partial charge in [0.1, 0.15) is 13.2 Å². The predicted octanol–water partition coefficient (Wildman–Crippen LogP) is 1.87. The van der Waals surface area contributed by atoms with E-state index in [1.54, 1.807) is 13.8 Å². The Balaban J connectivity index is 2.94. The van der Waals surface area contributed by atoms with Crippen LogP contribution in [0.25, 0.3) is 0 Å². The number of ether oxygens (including phenoxy) is 2. The molecule has 0 aromatic heterocycles. The third kappa shape index (κ3) is 5.76. The molecule has 200 valence electrons. The molecule has 0 aliphatic carbocycles. The van der Waals surface area contributed by atoms with Gasteiger partial charge in [0.25, 0.3) is 10.0 Å². The van der Waals surface area contributed by atoms with Gasteiger partial charge in [-0.05, 0) is 19.3 Å². The molecule has 0 amide bonds. The third-order valence-corrected chi connectivity index (χ3v) is 7.84. The van der Waals surface area contributed by atoms with Gasteiger partial charge in [-0.25, -0.2) is 8.42 Å². The second kappa shape index (κ2) is 10.5. The zero-order valence-corrected chi connectivity index (χ0v) is 19.5. The molecule has 0 aromatic rings. The molecule has 0 aromatic carbocycles. The SMILES string of the molecule is CCC(C)C(=O)OCCOC(=O)C1CCCN(S(=O)(=O)C(F)(F)C(F)(F)C(F)(F)S(=O)(=O)O)C1. The summed E-state index contributed by atoms with van der Waals surface area (Å²) in [5.41, 5.74) is 0. The summed E-state index contributed by atoms with van der Waals surface area (Å²) in [6, 6.07) is 0. The van der Waals surface area contributed by atoms with Gasteiger partial charge in [-0.15, -0.1) is 0 Å². The molecule has 0 saturated carbocycles. The van der Waals surface area contributed by atoms with E-state index in [9.17, 15) is 52.8 Å². The Morgan fingerprint density at radius 2 is 1.56 bits per heavy atom. The third-order valence-electron chi connectivity index (χ3n) is 5.02. The highest BCUT2D eigenvalue weighted by Crippen LogP contribution is 2.51. The number of nitrogens with zero attached hydrogens (tertiary/aromatic N) is 1. The molecule has 34 heavy (non-hydrogen) atoms. The summed E-state index contributed by atoms with van der Waals surface area (Å²) in [6.07, 6.45) is 0.00381. The Morgan fingerprint density at radius 3 is 2.06 bits per heavy atom. The van der Waals surface area contributed by atoms with Crippen LogP contribution in [-0.2, 0) is 39.2 Å². The molecule has 0 bridgehead atoms. The van der Waals surface area contributed by atoms with Crippen LogP contribution in [0, 0.1) is 11.8 Å². The van der Waals surface area contributed by atoms with E-state index in [-0.39, 0.29) is 23.8 Å². The molecule has 2 unspecified atom stereocenters. The number of carbonyl (C=O) groups excluding carboxylic acids is 2. The van der Waals surface area contributed by atoms with Crippen molar-refractivity contribution in [3.8, 4) is 0 Å². The molecule has 1 saturated heterocycles. The van der Waals surface area contributed by atoms with Crippen molar-refractivity contribution in [3.05, 3.63) is 0 Å². The maximum atomic E-state index is 14.1. The minimum Gasteiger partial charge on any atom is -0.462 e. The van der Waals surface area contributed by atoms with Crippen molar-refractivity contribution in [2.75, 3.05) is 26.3 Å². The van der Waals surface area contributed by atoms with Crippen molar-refractivity contribution in [2.24, 2.45) is 11.8 Å². The fraction of sp³-hybridized carbons (Fsp3) is 0.875. The summed E-state index contributed by atoms with van der Waals surface area (Å²) in [5.74, 6) is -10.7. The zero-order valence-electron chi connectivity index (χ0n) is 17.8. The van der Waals surface area contributed by atoms with Crippen molar-refractivity contribution in [2.45, 2.75) is 49.5 Å². The molecule has 1 heterocycles. The summed E-state index contributed by atoms with van der Waals surface area (Å²) >= 11 is 0. The zero-order chi connectivity index (χ0) is 26.8. The predicted molar refractivity (Wildman–Crippen MR) is 101 cm³/mol. The highest BCUT2D eigenvalue weighted by molar-refractivity contribution is 7.90. The lowest BCUT2D eigenvalue weighted by Gasteiger charge is -2.36. The van der Waals surface area contributed by atoms with Gasteiger partial charge in [-0.2, -0.15) is 39.1 Å². The summed E-state index contributed by atoms with van der Waals surface area (Å²) in [5, 5.41) is -13.5. The van der Waals surface area contributed by atoms with E-state index in [1.165, 1.54) is 0 Å². The molecule has 2 atom stereocenters. The van der Waals surface area contributed by atoms with Gasteiger partial charge in [0.2, 0.25) is 0 Å². The molecule has 1 aliphatic heterocycles. The number of halogens is 6. The molecule has 1 fully saturated rings. The van der Waals surface area contributed by atoms with Gasteiger partial charge in [-0.3, -0.25) is 14.1 Å². The minimum atomic E-state index is -7.14. The van der Waals surface area contributed by atoms with E-state index in [1.807, 2.05) is 0 Å². The highest BCUT2D eigenvalue weighted by Gasteiger charge is 2.82. The van der Waals surface area contributed by atoms with Crippen molar-refractivity contribution < 1.29 is 66.8 Å². The van der Waals surface area contributed by atoms with Gasteiger partial charge in [0.15, 0.2) is 0 Å². The lowest BCUT2D eigenvalue weighted by molar-refractivity contribution is -0.247. The van der Waals surface area contributed by atoms with Gasteiger partial charge in [-0.1, -0.05) is 13.8 Å². The smallest absolute Gasteiger partial charge is 0.439 e. The number of carbonyl (C=O) groups is 2. The molecule has 1 rings (SSSR count). The first-order valence-corrected chi connectivity index (χ1v) is 12.6. The van der Waals surface area contributed by atoms with E-state index in [0.29, 0.717) is 6.42 Å². The Morgan fingerprint density at radius 1 is 1.03 bits per heavy atom. The lowest BCUT2D eigenvalue weighted by atomic mass is 10.0. The molecule has 10 nitrogen and oxygen atoms in total. The number of esters is 2. The van der Waals surface area contributed by atoms with Gasteiger partial charge >= 0.3 is 38.5 Å². The summed E-state index contributed by atoms with van der Waals surface area (Å²) < 4.78 is 145. The van der Waals surface area contributed by atoms with Crippen molar-refractivity contribution in [3.63, 3.8) is 0 Å². The number of sulfonamides is 1. The van der Waals surface area contributed by atoms with E-state index < -0.39 is 80.0 Å². The second-order valence-electron chi connectivity index (χ2n) is 7.43. The van der Waals surface area contributed by atoms with Gasteiger partial charge in [0.05, 0.1) is 11.8 Å². The topological polar surface area (TPSA) is 144 Å². The van der Waals surface area contributed by atoms with E-state index >= 15 is 0 Å². The van der Waals surface area contributed by atoms with Crippen LogP contribution in [-0.4, -0.2) is 80.4 Å². The van der Waals surface area contributed by atoms with Crippen LogP contribution in [0.3, 0.4) is 0 Å². The van der Waals surface area contributed by atoms with Crippen molar-refractivity contribution >= 4 is 32.1 Å². The minimum absolute atomic E-state index is 0.138. The molecule has 0 radical (unpaired) electrons. The number of alkyl halides is 6. The largest absolute Gasteiger partial charge is 0.462 e.